The lowest BCUT2D eigenvalue weighted by molar-refractivity contribution is -0.125. The van der Waals surface area contributed by atoms with Gasteiger partial charge < -0.3 is 10.6 Å². The monoisotopic (exact) mass is 379 g/mol. The minimum Gasteiger partial charge on any atom is -0.346 e. The van der Waals surface area contributed by atoms with Gasteiger partial charge in [-0.3, -0.25) is 14.5 Å². The van der Waals surface area contributed by atoms with Gasteiger partial charge in [-0.25, -0.2) is 0 Å². The lowest BCUT2D eigenvalue weighted by Gasteiger charge is -2.24. The highest BCUT2D eigenvalue weighted by atomic mass is 16.2. The van der Waals surface area contributed by atoms with Crippen molar-refractivity contribution in [2.45, 2.75) is 39.7 Å². The highest BCUT2D eigenvalue weighted by Crippen LogP contribution is 2.31. The van der Waals surface area contributed by atoms with Gasteiger partial charge in [-0.2, -0.15) is 0 Å². The van der Waals surface area contributed by atoms with Gasteiger partial charge in [0.2, 0.25) is 11.8 Å². The first kappa shape index (κ1) is 20.1. The largest absolute Gasteiger partial charge is 0.346 e. The third kappa shape index (κ3) is 4.98. The lowest BCUT2D eigenvalue weighted by atomic mass is 10.0. The summed E-state index contributed by atoms with van der Waals surface area (Å²) >= 11 is 0. The molecule has 2 aromatic carbocycles. The van der Waals surface area contributed by atoms with E-state index in [2.05, 4.69) is 27.7 Å². The van der Waals surface area contributed by atoms with Gasteiger partial charge in [-0.1, -0.05) is 48.0 Å². The molecule has 5 heteroatoms. The Labute approximate surface area is 167 Å². The minimum absolute atomic E-state index is 0.0184. The predicted octanol–water partition coefficient (Wildman–Crippen LogP) is 3.50. The number of amides is 2. The van der Waals surface area contributed by atoms with Gasteiger partial charge in [0, 0.05) is 11.7 Å². The van der Waals surface area contributed by atoms with Crippen molar-refractivity contribution in [3.8, 4) is 0 Å². The fourth-order valence-corrected chi connectivity index (χ4v) is 4.05. The van der Waals surface area contributed by atoms with E-state index in [4.69, 9.17) is 0 Å². The Bertz CT molecular complexity index is 825. The van der Waals surface area contributed by atoms with Crippen molar-refractivity contribution in [1.29, 1.82) is 0 Å². The van der Waals surface area contributed by atoms with Crippen molar-refractivity contribution in [2.75, 3.05) is 25.0 Å². The molecule has 2 aromatic rings. The number of likely N-dealkylation sites (tertiary alicyclic amines) is 1. The maximum atomic E-state index is 12.4. The molecule has 0 bridgehead atoms. The standard InChI is InChI=1S/C23H29N3O2/c1-16-12-17(2)23(18(3)13-16)25-21(27)14-24-22(28)15-26-11-7-10-20(26)19-8-5-4-6-9-19/h4-6,8-9,12-13,20H,7,10-11,14-15H2,1-3H3,(H,24,28)(H,25,27). The first-order valence-electron chi connectivity index (χ1n) is 9.87. The van der Waals surface area contributed by atoms with E-state index in [0.29, 0.717) is 6.54 Å². The predicted molar refractivity (Wildman–Crippen MR) is 112 cm³/mol. The summed E-state index contributed by atoms with van der Waals surface area (Å²) < 4.78 is 0. The number of benzene rings is 2. The molecule has 0 saturated carbocycles. The molecule has 1 atom stereocenters. The minimum atomic E-state index is -0.204. The zero-order chi connectivity index (χ0) is 20.1. The van der Waals surface area contributed by atoms with Crippen LogP contribution in [0.25, 0.3) is 0 Å². The Balaban J connectivity index is 1.51. The van der Waals surface area contributed by atoms with E-state index >= 15 is 0 Å². The molecule has 1 heterocycles. The fraction of sp³-hybridized carbons (Fsp3) is 0.391. The average molecular weight is 380 g/mol. The molecule has 1 aliphatic heterocycles. The number of anilines is 1. The first-order valence-corrected chi connectivity index (χ1v) is 9.87. The number of aryl methyl sites for hydroxylation is 3. The number of hydrogen-bond donors (Lipinski definition) is 2. The van der Waals surface area contributed by atoms with Crippen LogP contribution in [0.2, 0.25) is 0 Å². The highest BCUT2D eigenvalue weighted by Gasteiger charge is 2.27. The van der Waals surface area contributed by atoms with E-state index in [1.807, 2.05) is 51.1 Å². The second-order valence-electron chi connectivity index (χ2n) is 7.64. The van der Waals surface area contributed by atoms with Crippen molar-refractivity contribution in [1.82, 2.24) is 10.2 Å². The van der Waals surface area contributed by atoms with Crippen LogP contribution in [0, 0.1) is 20.8 Å². The topological polar surface area (TPSA) is 61.4 Å². The van der Waals surface area contributed by atoms with Gasteiger partial charge in [-0.15, -0.1) is 0 Å². The van der Waals surface area contributed by atoms with Crippen LogP contribution in [0.5, 0.6) is 0 Å². The number of carbonyl (C=O) groups is 2. The summed E-state index contributed by atoms with van der Waals surface area (Å²) in [5.74, 6) is -0.320. The maximum absolute atomic E-state index is 12.4. The number of hydrogen-bond acceptors (Lipinski definition) is 3. The van der Waals surface area contributed by atoms with E-state index < -0.39 is 0 Å². The lowest BCUT2D eigenvalue weighted by Crippen LogP contribution is -2.40. The van der Waals surface area contributed by atoms with Crippen molar-refractivity contribution in [3.63, 3.8) is 0 Å². The summed E-state index contributed by atoms with van der Waals surface area (Å²) in [6, 6.07) is 14.7. The molecule has 0 aliphatic carbocycles. The van der Waals surface area contributed by atoms with Crippen LogP contribution in [0.3, 0.4) is 0 Å². The van der Waals surface area contributed by atoms with Crippen LogP contribution in [-0.4, -0.2) is 36.3 Å². The average Bonchev–Trinajstić information content (AvgIpc) is 3.11. The molecule has 148 valence electrons. The van der Waals surface area contributed by atoms with Gasteiger partial charge in [0.15, 0.2) is 0 Å². The summed E-state index contributed by atoms with van der Waals surface area (Å²) in [5, 5.41) is 5.68. The Kier molecular flexibility index (Phi) is 6.47. The van der Waals surface area contributed by atoms with Crippen molar-refractivity contribution >= 4 is 17.5 Å². The van der Waals surface area contributed by atoms with Crippen LogP contribution < -0.4 is 10.6 Å². The molecule has 2 amide bonds. The number of carbonyl (C=O) groups excluding carboxylic acids is 2. The van der Waals surface area contributed by atoms with Crippen LogP contribution in [-0.2, 0) is 9.59 Å². The number of rotatable bonds is 6. The summed E-state index contributed by atoms with van der Waals surface area (Å²) in [7, 11) is 0. The molecule has 2 N–H and O–H groups in total. The molecule has 1 saturated heterocycles. The van der Waals surface area contributed by atoms with E-state index in [1.54, 1.807) is 0 Å². The Hall–Kier alpha value is -2.66. The second-order valence-corrected chi connectivity index (χ2v) is 7.64. The van der Waals surface area contributed by atoms with Crippen molar-refractivity contribution < 1.29 is 9.59 Å². The normalized spacial score (nSPS) is 16.8. The van der Waals surface area contributed by atoms with E-state index in [9.17, 15) is 9.59 Å². The molecular formula is C23H29N3O2. The Morgan fingerprint density at radius 2 is 1.71 bits per heavy atom. The second kappa shape index (κ2) is 9.02. The summed E-state index contributed by atoms with van der Waals surface area (Å²) in [5.41, 5.74) is 5.30. The van der Waals surface area contributed by atoms with E-state index in [1.165, 1.54) is 11.1 Å². The third-order valence-electron chi connectivity index (χ3n) is 5.28. The Morgan fingerprint density at radius 3 is 2.39 bits per heavy atom. The van der Waals surface area contributed by atoms with Crippen LogP contribution in [0.15, 0.2) is 42.5 Å². The molecular weight excluding hydrogens is 350 g/mol. The zero-order valence-corrected chi connectivity index (χ0v) is 16.9. The highest BCUT2D eigenvalue weighted by molar-refractivity contribution is 5.96. The van der Waals surface area contributed by atoms with E-state index in [-0.39, 0.29) is 24.4 Å². The third-order valence-corrected chi connectivity index (χ3v) is 5.28. The molecule has 0 aromatic heterocycles. The smallest absolute Gasteiger partial charge is 0.243 e. The quantitative estimate of drug-likeness (QED) is 0.807. The maximum Gasteiger partial charge on any atom is 0.243 e. The number of nitrogens with one attached hydrogen (secondary N) is 2. The fourth-order valence-electron chi connectivity index (χ4n) is 4.05. The molecule has 1 fully saturated rings. The number of nitrogens with zero attached hydrogens (tertiary/aromatic N) is 1. The molecule has 0 radical (unpaired) electrons. The van der Waals surface area contributed by atoms with Crippen LogP contribution >= 0.6 is 0 Å². The van der Waals surface area contributed by atoms with Gasteiger partial charge in [0.25, 0.3) is 0 Å². The van der Waals surface area contributed by atoms with Gasteiger partial charge >= 0.3 is 0 Å². The molecule has 0 spiro atoms. The van der Waals surface area contributed by atoms with Gasteiger partial charge in [0.1, 0.15) is 0 Å². The Morgan fingerprint density at radius 1 is 1.04 bits per heavy atom. The summed E-state index contributed by atoms with van der Waals surface area (Å²) in [4.78, 5) is 26.9. The van der Waals surface area contributed by atoms with Crippen molar-refractivity contribution in [2.24, 2.45) is 0 Å². The molecule has 1 unspecified atom stereocenters. The SMILES string of the molecule is Cc1cc(C)c(NC(=O)CNC(=O)CN2CCCC2c2ccccc2)c(C)c1. The van der Waals surface area contributed by atoms with Crippen LogP contribution in [0.4, 0.5) is 5.69 Å². The van der Waals surface area contributed by atoms with Gasteiger partial charge in [0.05, 0.1) is 13.1 Å². The zero-order valence-electron chi connectivity index (χ0n) is 16.9. The molecule has 3 rings (SSSR count). The molecule has 28 heavy (non-hydrogen) atoms. The summed E-state index contributed by atoms with van der Waals surface area (Å²) in [6.45, 7) is 7.19. The molecule has 5 nitrogen and oxygen atoms in total. The van der Waals surface area contributed by atoms with E-state index in [0.717, 1.165) is 36.2 Å². The van der Waals surface area contributed by atoms with Crippen molar-refractivity contribution in [3.05, 3.63) is 64.7 Å². The molecule has 1 aliphatic rings. The van der Waals surface area contributed by atoms with Gasteiger partial charge in [-0.05, 0) is 56.8 Å². The van der Waals surface area contributed by atoms with Crippen LogP contribution in [0.1, 0.15) is 41.1 Å². The summed E-state index contributed by atoms with van der Waals surface area (Å²) in [6.07, 6.45) is 2.14. The first-order chi connectivity index (χ1) is 13.4.